The highest BCUT2D eigenvalue weighted by Crippen LogP contribution is 2.39. The van der Waals surface area contributed by atoms with Crippen LogP contribution in [0.15, 0.2) is 15.7 Å². The summed E-state index contributed by atoms with van der Waals surface area (Å²) >= 11 is 0. The van der Waals surface area contributed by atoms with E-state index in [9.17, 15) is 14.4 Å². The fraction of sp³-hybridized carbons (Fsp3) is 0.652. The number of nitrogens with one attached hydrogen (secondary N) is 2. The lowest BCUT2D eigenvalue weighted by molar-refractivity contribution is 0.0372. The number of hydrogen-bond acceptors (Lipinski definition) is 6. The number of pyridine rings is 1. The number of ether oxygens (including phenoxy) is 1. The van der Waals surface area contributed by atoms with E-state index in [1.165, 1.54) is 4.57 Å². The summed E-state index contributed by atoms with van der Waals surface area (Å²) in [4.78, 5) is 47.7. The summed E-state index contributed by atoms with van der Waals surface area (Å²) in [6, 6.07) is 1.74. The zero-order valence-corrected chi connectivity index (χ0v) is 19.0. The molecule has 9 nitrogen and oxygen atoms in total. The Labute approximate surface area is 187 Å². The molecule has 1 amide bonds. The Bertz CT molecular complexity index is 1080. The molecule has 174 valence electrons. The van der Waals surface area contributed by atoms with Crippen LogP contribution in [0.25, 0.3) is 11.0 Å². The molecular formula is C23H33N5O4. The van der Waals surface area contributed by atoms with E-state index in [2.05, 4.69) is 20.2 Å². The van der Waals surface area contributed by atoms with Crippen LogP contribution in [0.3, 0.4) is 0 Å². The van der Waals surface area contributed by atoms with Crippen LogP contribution in [0.4, 0.5) is 0 Å². The van der Waals surface area contributed by atoms with Crippen molar-refractivity contribution in [2.45, 2.75) is 52.0 Å². The molecule has 2 N–H and O–H groups in total. The summed E-state index contributed by atoms with van der Waals surface area (Å²) in [5, 5.41) is 3.16. The molecule has 0 atom stereocenters. The summed E-state index contributed by atoms with van der Waals surface area (Å²) in [6.07, 6.45) is 3.87. The molecular weight excluding hydrogens is 410 g/mol. The second-order valence-electron chi connectivity index (χ2n) is 9.25. The van der Waals surface area contributed by atoms with Crippen LogP contribution in [0, 0.1) is 5.92 Å². The highest BCUT2D eigenvalue weighted by atomic mass is 16.5. The van der Waals surface area contributed by atoms with Crippen molar-refractivity contribution in [3.8, 4) is 0 Å². The number of rotatable bonds is 9. The molecule has 9 heteroatoms. The van der Waals surface area contributed by atoms with Gasteiger partial charge in [0.05, 0.1) is 24.2 Å². The standard InChI is InChI=1S/C23H33N5O4/c1-15(2)14-28-20-19(22(30)26-23(28)31)17(13-18(25-20)16-5-6-16)21(29)24-7-3-4-8-27-9-11-32-12-10-27/h13,15-16H,3-12,14H2,1-2H3,(H,24,29)(H,26,30,31). The maximum Gasteiger partial charge on any atom is 0.330 e. The minimum Gasteiger partial charge on any atom is -0.379 e. The van der Waals surface area contributed by atoms with E-state index in [4.69, 9.17) is 4.74 Å². The van der Waals surface area contributed by atoms with Gasteiger partial charge < -0.3 is 10.1 Å². The predicted molar refractivity (Wildman–Crippen MR) is 122 cm³/mol. The average Bonchev–Trinajstić information content (AvgIpc) is 3.61. The molecule has 1 aliphatic heterocycles. The summed E-state index contributed by atoms with van der Waals surface area (Å²) in [7, 11) is 0. The molecule has 3 heterocycles. The van der Waals surface area contributed by atoms with Crippen LogP contribution in [-0.2, 0) is 11.3 Å². The van der Waals surface area contributed by atoms with Crippen molar-refractivity contribution in [1.82, 2.24) is 24.8 Å². The number of amides is 1. The minimum absolute atomic E-state index is 0.192. The summed E-state index contributed by atoms with van der Waals surface area (Å²) in [5.41, 5.74) is 0.374. The fourth-order valence-corrected chi connectivity index (χ4v) is 4.18. The highest BCUT2D eigenvalue weighted by Gasteiger charge is 2.28. The topological polar surface area (TPSA) is 109 Å². The van der Waals surface area contributed by atoms with Gasteiger partial charge in [-0.2, -0.15) is 0 Å². The van der Waals surface area contributed by atoms with Gasteiger partial charge in [0.1, 0.15) is 0 Å². The van der Waals surface area contributed by atoms with Crippen molar-refractivity contribution in [3.63, 3.8) is 0 Å². The maximum atomic E-state index is 13.1. The normalized spacial score (nSPS) is 17.2. The van der Waals surface area contributed by atoms with Crippen LogP contribution in [0.1, 0.15) is 61.5 Å². The molecule has 2 aromatic heterocycles. The van der Waals surface area contributed by atoms with Gasteiger partial charge in [-0.05, 0) is 44.2 Å². The van der Waals surface area contributed by atoms with Gasteiger partial charge in [-0.15, -0.1) is 0 Å². The van der Waals surface area contributed by atoms with E-state index in [0.717, 1.165) is 64.2 Å². The Balaban J connectivity index is 1.53. The lowest BCUT2D eigenvalue weighted by atomic mass is 10.1. The number of hydrogen-bond donors (Lipinski definition) is 2. The predicted octanol–water partition coefficient (Wildman–Crippen LogP) is 1.46. The van der Waals surface area contributed by atoms with Crippen molar-refractivity contribution in [2.75, 3.05) is 39.4 Å². The van der Waals surface area contributed by atoms with E-state index in [1.54, 1.807) is 6.07 Å². The maximum absolute atomic E-state index is 13.1. The van der Waals surface area contributed by atoms with E-state index in [0.29, 0.717) is 30.2 Å². The van der Waals surface area contributed by atoms with Gasteiger partial charge in [-0.1, -0.05) is 13.8 Å². The molecule has 0 spiro atoms. The summed E-state index contributed by atoms with van der Waals surface area (Å²) < 4.78 is 6.86. The van der Waals surface area contributed by atoms with Gasteiger partial charge in [-0.25, -0.2) is 9.78 Å². The van der Waals surface area contributed by atoms with E-state index >= 15 is 0 Å². The molecule has 4 rings (SSSR count). The van der Waals surface area contributed by atoms with Crippen LogP contribution in [0.5, 0.6) is 0 Å². The molecule has 2 fully saturated rings. The van der Waals surface area contributed by atoms with Crippen LogP contribution in [0.2, 0.25) is 0 Å². The van der Waals surface area contributed by atoms with Crippen LogP contribution >= 0.6 is 0 Å². The van der Waals surface area contributed by atoms with Gasteiger partial charge in [0.15, 0.2) is 5.65 Å². The highest BCUT2D eigenvalue weighted by molar-refractivity contribution is 6.05. The van der Waals surface area contributed by atoms with Crippen molar-refractivity contribution >= 4 is 16.9 Å². The number of aromatic amines is 1. The number of fused-ring (bicyclic) bond motifs is 1. The molecule has 0 radical (unpaired) electrons. The Morgan fingerprint density at radius 2 is 2.00 bits per heavy atom. The van der Waals surface area contributed by atoms with E-state index in [1.807, 2.05) is 13.8 Å². The van der Waals surface area contributed by atoms with Gasteiger partial charge >= 0.3 is 5.69 Å². The van der Waals surface area contributed by atoms with Crippen molar-refractivity contribution in [2.24, 2.45) is 5.92 Å². The minimum atomic E-state index is -0.558. The van der Waals surface area contributed by atoms with E-state index in [-0.39, 0.29) is 17.2 Å². The SMILES string of the molecule is CC(C)Cn1c(=O)[nH]c(=O)c2c(C(=O)NCCCCN3CCOCC3)cc(C3CC3)nc21. The Morgan fingerprint density at radius 1 is 1.25 bits per heavy atom. The number of nitrogens with zero attached hydrogens (tertiary/aromatic N) is 3. The van der Waals surface area contributed by atoms with Crippen molar-refractivity contribution in [3.05, 3.63) is 38.2 Å². The summed E-state index contributed by atoms with van der Waals surface area (Å²) in [6.45, 7) is 9.43. The molecule has 0 bridgehead atoms. The Morgan fingerprint density at radius 3 is 2.69 bits per heavy atom. The molecule has 32 heavy (non-hydrogen) atoms. The Kier molecular flexibility index (Phi) is 7.05. The lowest BCUT2D eigenvalue weighted by Gasteiger charge is -2.26. The number of carbonyl (C=O) groups is 1. The Hall–Kier alpha value is -2.52. The third-order valence-electron chi connectivity index (χ3n) is 6.05. The molecule has 0 aromatic carbocycles. The van der Waals surface area contributed by atoms with Crippen molar-refractivity contribution in [1.29, 1.82) is 0 Å². The van der Waals surface area contributed by atoms with Crippen molar-refractivity contribution < 1.29 is 9.53 Å². The first-order valence-electron chi connectivity index (χ1n) is 11.7. The fourth-order valence-electron chi connectivity index (χ4n) is 4.18. The van der Waals surface area contributed by atoms with Crippen LogP contribution < -0.4 is 16.6 Å². The largest absolute Gasteiger partial charge is 0.379 e. The zero-order valence-electron chi connectivity index (χ0n) is 19.0. The van der Waals surface area contributed by atoms with E-state index < -0.39 is 11.2 Å². The number of morpholine rings is 1. The van der Waals surface area contributed by atoms with Gasteiger partial charge in [0, 0.05) is 37.8 Å². The van der Waals surface area contributed by atoms with Gasteiger partial charge in [0.2, 0.25) is 0 Å². The molecule has 1 aliphatic carbocycles. The first-order chi connectivity index (χ1) is 15.4. The second-order valence-corrected chi connectivity index (χ2v) is 9.25. The number of H-pyrrole nitrogens is 1. The third kappa shape index (κ3) is 5.27. The van der Waals surface area contributed by atoms with Gasteiger partial charge in [0.25, 0.3) is 11.5 Å². The average molecular weight is 444 g/mol. The monoisotopic (exact) mass is 443 g/mol. The smallest absolute Gasteiger partial charge is 0.330 e. The quantitative estimate of drug-likeness (QED) is 0.568. The first kappa shape index (κ1) is 22.7. The van der Waals surface area contributed by atoms with Crippen LogP contribution in [-0.4, -0.2) is 64.7 Å². The second kappa shape index (κ2) is 9.95. The molecule has 2 aliphatic rings. The third-order valence-corrected chi connectivity index (χ3v) is 6.05. The first-order valence-corrected chi connectivity index (χ1v) is 11.7. The number of unbranched alkanes of at least 4 members (excludes halogenated alkanes) is 1. The molecule has 2 aromatic rings. The number of carbonyl (C=O) groups excluding carboxylic acids is 1. The molecule has 0 unspecified atom stereocenters. The number of aromatic nitrogens is 3. The molecule has 1 saturated carbocycles. The zero-order chi connectivity index (χ0) is 22.7. The lowest BCUT2D eigenvalue weighted by Crippen LogP contribution is -2.37. The summed E-state index contributed by atoms with van der Waals surface area (Å²) in [5.74, 6) is 0.198. The van der Waals surface area contributed by atoms with Gasteiger partial charge in [-0.3, -0.25) is 24.0 Å². The molecule has 1 saturated heterocycles.